The summed E-state index contributed by atoms with van der Waals surface area (Å²) in [7, 11) is 0. The van der Waals surface area contributed by atoms with Crippen LogP contribution in [-0.2, 0) is 22.4 Å². The van der Waals surface area contributed by atoms with Gasteiger partial charge in [-0.15, -0.1) is 22.7 Å². The van der Waals surface area contributed by atoms with Crippen molar-refractivity contribution in [1.82, 2.24) is 9.97 Å². The van der Waals surface area contributed by atoms with Crippen molar-refractivity contribution in [2.45, 2.75) is 38.1 Å². The number of benzene rings is 1. The van der Waals surface area contributed by atoms with Crippen molar-refractivity contribution in [3.05, 3.63) is 58.0 Å². The zero-order valence-corrected chi connectivity index (χ0v) is 21.9. The van der Waals surface area contributed by atoms with Gasteiger partial charge in [-0.1, -0.05) is 49.0 Å². The third kappa shape index (κ3) is 4.98. The predicted octanol–water partition coefficient (Wildman–Crippen LogP) is 6.45. The number of carbonyl (C=O) groups is 2. The summed E-state index contributed by atoms with van der Waals surface area (Å²) < 4.78 is 5.30. The molecule has 9 heteroatoms. The number of carbonyl (C=O) groups excluding carboxylic acids is 2. The Morgan fingerprint density at radius 3 is 2.86 bits per heavy atom. The van der Waals surface area contributed by atoms with Crippen molar-refractivity contribution in [1.29, 1.82) is 0 Å². The highest BCUT2D eigenvalue weighted by molar-refractivity contribution is 8.00. The summed E-state index contributed by atoms with van der Waals surface area (Å²) in [4.78, 5) is 37.1. The van der Waals surface area contributed by atoms with Crippen molar-refractivity contribution >= 4 is 61.5 Å². The first-order chi connectivity index (χ1) is 17.0. The average molecular weight is 524 g/mol. The quantitative estimate of drug-likeness (QED) is 0.170. The molecule has 4 aromatic rings. The molecule has 1 amide bonds. The number of esters is 1. The Morgan fingerprint density at radius 2 is 2.06 bits per heavy atom. The molecular weight excluding hydrogens is 499 g/mol. The van der Waals surface area contributed by atoms with Crippen LogP contribution in [0.2, 0.25) is 0 Å². The number of hydrogen-bond donors (Lipinski definition) is 1. The third-order valence-corrected chi connectivity index (χ3v) is 9.05. The Morgan fingerprint density at radius 1 is 1.23 bits per heavy atom. The SMILES string of the molecule is CCOC(=O)c1c(-c2ccccc2)csc1NC(=O)CSc1ncnc2sc3c(c12)CCC(C)C3. The molecule has 1 aliphatic rings. The molecule has 0 bridgehead atoms. The predicted molar refractivity (Wildman–Crippen MR) is 144 cm³/mol. The molecule has 3 heterocycles. The van der Waals surface area contributed by atoms with Gasteiger partial charge < -0.3 is 10.1 Å². The maximum Gasteiger partial charge on any atom is 0.341 e. The van der Waals surface area contributed by atoms with Gasteiger partial charge in [0.05, 0.1) is 12.4 Å². The van der Waals surface area contributed by atoms with E-state index in [9.17, 15) is 9.59 Å². The molecule has 1 atom stereocenters. The molecule has 3 aromatic heterocycles. The van der Waals surface area contributed by atoms with Gasteiger partial charge in [0, 0.05) is 21.2 Å². The molecule has 1 N–H and O–H groups in total. The van der Waals surface area contributed by atoms with E-state index in [-0.39, 0.29) is 18.3 Å². The minimum atomic E-state index is -0.438. The number of fused-ring (bicyclic) bond motifs is 3. The summed E-state index contributed by atoms with van der Waals surface area (Å²) in [6, 6.07) is 9.64. The molecule has 1 unspecified atom stereocenters. The van der Waals surface area contributed by atoms with Gasteiger partial charge in [0.25, 0.3) is 0 Å². The zero-order valence-electron chi connectivity index (χ0n) is 19.5. The molecule has 1 aromatic carbocycles. The highest BCUT2D eigenvalue weighted by Crippen LogP contribution is 2.41. The molecule has 5 rings (SSSR count). The second-order valence-electron chi connectivity index (χ2n) is 8.49. The Balaban J connectivity index is 1.36. The van der Waals surface area contributed by atoms with Gasteiger partial charge in [-0.3, -0.25) is 4.79 Å². The largest absolute Gasteiger partial charge is 0.462 e. The van der Waals surface area contributed by atoms with Crippen LogP contribution in [0.1, 0.15) is 41.1 Å². The van der Waals surface area contributed by atoms with Gasteiger partial charge in [-0.05, 0) is 43.2 Å². The summed E-state index contributed by atoms with van der Waals surface area (Å²) in [6.07, 6.45) is 4.86. The highest BCUT2D eigenvalue weighted by atomic mass is 32.2. The van der Waals surface area contributed by atoms with Crippen LogP contribution >= 0.6 is 34.4 Å². The Labute approximate surface area is 216 Å². The average Bonchev–Trinajstić information content (AvgIpc) is 3.44. The summed E-state index contributed by atoms with van der Waals surface area (Å²) in [6.45, 7) is 4.32. The van der Waals surface area contributed by atoms with Gasteiger partial charge in [0.1, 0.15) is 26.7 Å². The van der Waals surface area contributed by atoms with Gasteiger partial charge >= 0.3 is 5.97 Å². The van der Waals surface area contributed by atoms with E-state index < -0.39 is 5.97 Å². The lowest BCUT2D eigenvalue weighted by Crippen LogP contribution is -2.16. The van der Waals surface area contributed by atoms with E-state index >= 15 is 0 Å². The van der Waals surface area contributed by atoms with E-state index in [2.05, 4.69) is 22.2 Å². The molecule has 0 aliphatic heterocycles. The van der Waals surface area contributed by atoms with Crippen molar-refractivity contribution in [2.24, 2.45) is 5.92 Å². The number of aromatic nitrogens is 2. The summed E-state index contributed by atoms with van der Waals surface area (Å²) >= 11 is 4.50. The Kier molecular flexibility index (Phi) is 7.17. The maximum absolute atomic E-state index is 13.0. The number of thioether (sulfide) groups is 1. The van der Waals surface area contributed by atoms with Gasteiger partial charge in [-0.2, -0.15) is 0 Å². The number of rotatable bonds is 7. The Bertz CT molecular complexity index is 1380. The number of ether oxygens (including phenoxy) is 1. The highest BCUT2D eigenvalue weighted by Gasteiger charge is 2.25. The van der Waals surface area contributed by atoms with E-state index in [4.69, 9.17) is 4.74 Å². The summed E-state index contributed by atoms with van der Waals surface area (Å²) in [5.74, 6) is 0.248. The summed E-state index contributed by atoms with van der Waals surface area (Å²) in [5, 5.41) is 7.28. The number of anilines is 1. The van der Waals surface area contributed by atoms with Crippen LogP contribution in [0.4, 0.5) is 5.00 Å². The first kappa shape index (κ1) is 24.0. The number of amides is 1. The minimum absolute atomic E-state index is 0.188. The topological polar surface area (TPSA) is 81.2 Å². The second kappa shape index (κ2) is 10.5. The Hall–Kier alpha value is -2.75. The van der Waals surface area contributed by atoms with E-state index in [1.54, 1.807) is 24.6 Å². The van der Waals surface area contributed by atoms with Crippen LogP contribution in [0.3, 0.4) is 0 Å². The lowest BCUT2D eigenvalue weighted by molar-refractivity contribution is -0.113. The zero-order chi connectivity index (χ0) is 24.4. The van der Waals surface area contributed by atoms with Crippen molar-refractivity contribution in [3.63, 3.8) is 0 Å². The maximum atomic E-state index is 13.0. The van der Waals surface area contributed by atoms with Crippen LogP contribution in [0.15, 0.2) is 47.1 Å². The van der Waals surface area contributed by atoms with Crippen LogP contribution in [0.25, 0.3) is 21.3 Å². The van der Waals surface area contributed by atoms with E-state index in [0.717, 1.165) is 45.6 Å². The van der Waals surface area contributed by atoms with E-state index in [0.29, 0.717) is 16.5 Å². The van der Waals surface area contributed by atoms with E-state index in [1.807, 2.05) is 35.7 Å². The van der Waals surface area contributed by atoms with Crippen LogP contribution in [0, 0.1) is 5.92 Å². The normalized spacial score (nSPS) is 15.1. The van der Waals surface area contributed by atoms with E-state index in [1.165, 1.54) is 33.5 Å². The molecule has 0 saturated carbocycles. The van der Waals surface area contributed by atoms with Gasteiger partial charge in [0.15, 0.2) is 0 Å². The number of hydrogen-bond acceptors (Lipinski definition) is 8. The molecule has 6 nitrogen and oxygen atoms in total. The minimum Gasteiger partial charge on any atom is -0.462 e. The summed E-state index contributed by atoms with van der Waals surface area (Å²) in [5.41, 5.74) is 3.41. The lowest BCUT2D eigenvalue weighted by Gasteiger charge is -2.18. The first-order valence-corrected chi connectivity index (χ1v) is 14.2. The number of nitrogens with zero attached hydrogens (tertiary/aromatic N) is 2. The van der Waals surface area contributed by atoms with Crippen LogP contribution < -0.4 is 5.32 Å². The molecule has 0 spiro atoms. The number of thiophene rings is 2. The molecule has 180 valence electrons. The van der Waals surface area contributed by atoms with Crippen molar-refractivity contribution in [3.8, 4) is 11.1 Å². The molecule has 35 heavy (non-hydrogen) atoms. The third-order valence-electron chi connectivity index (χ3n) is 6.01. The molecule has 0 saturated heterocycles. The number of nitrogens with one attached hydrogen (secondary N) is 1. The fraction of sp³-hybridized carbons (Fsp3) is 0.308. The molecule has 0 radical (unpaired) electrons. The van der Waals surface area contributed by atoms with Crippen LogP contribution in [-0.4, -0.2) is 34.2 Å². The second-order valence-corrected chi connectivity index (χ2v) is 11.4. The monoisotopic (exact) mass is 523 g/mol. The van der Waals surface area contributed by atoms with Crippen molar-refractivity contribution < 1.29 is 14.3 Å². The van der Waals surface area contributed by atoms with Crippen LogP contribution in [0.5, 0.6) is 0 Å². The fourth-order valence-electron chi connectivity index (χ4n) is 4.34. The molecular formula is C26H25N3O3S3. The van der Waals surface area contributed by atoms with Gasteiger partial charge in [0.2, 0.25) is 5.91 Å². The standard InChI is InChI=1S/C26H25N3O3S3/c1-3-32-26(31)22-18(16-7-5-4-6-8-16)12-33-25(22)29-20(30)13-34-23-21-17-10-9-15(2)11-19(17)35-24(21)28-14-27-23/h4-8,12,14-15H,3,9-11,13H2,1-2H3,(H,29,30). The van der Waals surface area contributed by atoms with Gasteiger partial charge in [-0.25, -0.2) is 14.8 Å². The number of aryl methyl sites for hydroxylation is 1. The van der Waals surface area contributed by atoms with Crippen molar-refractivity contribution in [2.75, 3.05) is 17.7 Å². The first-order valence-electron chi connectivity index (χ1n) is 11.6. The molecule has 0 fully saturated rings. The molecule has 1 aliphatic carbocycles. The fourth-order valence-corrected chi connectivity index (χ4v) is 7.55. The lowest BCUT2D eigenvalue weighted by atomic mass is 9.89. The smallest absolute Gasteiger partial charge is 0.341 e.